The van der Waals surface area contributed by atoms with E-state index in [2.05, 4.69) is 25.9 Å². The lowest BCUT2D eigenvalue weighted by atomic mass is 9.81. The molecule has 1 saturated heterocycles. The summed E-state index contributed by atoms with van der Waals surface area (Å²) in [6.45, 7) is 0.683. The van der Waals surface area contributed by atoms with E-state index in [9.17, 15) is 13.7 Å². The summed E-state index contributed by atoms with van der Waals surface area (Å²) >= 11 is 0. The molecule has 0 spiro atoms. The number of aromatic nitrogens is 3. The highest BCUT2D eigenvalue weighted by molar-refractivity contribution is 7.89. The summed E-state index contributed by atoms with van der Waals surface area (Å²) in [7, 11) is -1.32. The summed E-state index contributed by atoms with van der Waals surface area (Å²) in [5.41, 5.74) is 1.17. The van der Waals surface area contributed by atoms with Crippen molar-refractivity contribution in [2.24, 2.45) is 11.3 Å². The monoisotopic (exact) mass is 384 g/mol. The Morgan fingerprint density at radius 1 is 1.44 bits per heavy atom. The van der Waals surface area contributed by atoms with Crippen molar-refractivity contribution in [3.63, 3.8) is 0 Å². The second-order valence-corrected chi connectivity index (χ2v) is 9.85. The van der Waals surface area contributed by atoms with Gasteiger partial charge in [0.2, 0.25) is 10.0 Å². The fourth-order valence-electron chi connectivity index (χ4n) is 4.32. The summed E-state index contributed by atoms with van der Waals surface area (Å²) in [5, 5.41) is 10.2. The molecule has 9 heteroatoms. The third kappa shape index (κ3) is 2.55. The van der Waals surface area contributed by atoms with Gasteiger partial charge < -0.3 is 9.88 Å². The summed E-state index contributed by atoms with van der Waals surface area (Å²) in [5.74, 6) is 1.18. The summed E-state index contributed by atoms with van der Waals surface area (Å²) in [6.07, 6.45) is 6.93. The van der Waals surface area contributed by atoms with Gasteiger partial charge in [-0.05, 0) is 30.4 Å². The highest BCUT2D eigenvalue weighted by atomic mass is 32.2. The first-order chi connectivity index (χ1) is 12.9. The number of nitrogens with zero attached hydrogens (tertiary/aromatic N) is 5. The van der Waals surface area contributed by atoms with Crippen LogP contribution < -0.4 is 4.90 Å². The predicted octanol–water partition coefficient (Wildman–Crippen LogP) is 1.27. The van der Waals surface area contributed by atoms with Crippen LogP contribution in [0.5, 0.6) is 0 Å². The van der Waals surface area contributed by atoms with Crippen LogP contribution in [0.2, 0.25) is 0 Å². The Labute approximate surface area is 157 Å². The van der Waals surface area contributed by atoms with E-state index in [0.717, 1.165) is 35.3 Å². The van der Waals surface area contributed by atoms with E-state index < -0.39 is 15.4 Å². The standard InChI is InChI=1S/C18H20N6O2S/c1-23(17-15-2-3-20-16(15)21-11-22-17)14-4-12(5-14)8-27(25,26)24-7-13-6-18(13,9-19)10-24/h2-3,6,11-12,14H,4-5,7-8,10H2,1H3,(H,20,21,22)/t12-,14+,18-/m0/s1. The molecule has 2 fully saturated rings. The van der Waals surface area contributed by atoms with Gasteiger partial charge in [0, 0.05) is 32.4 Å². The van der Waals surface area contributed by atoms with Crippen LogP contribution in [0.3, 0.4) is 0 Å². The molecule has 8 nitrogen and oxygen atoms in total. The highest BCUT2D eigenvalue weighted by Gasteiger charge is 2.54. The van der Waals surface area contributed by atoms with Crippen LogP contribution in [0.25, 0.3) is 11.0 Å². The molecule has 1 saturated carbocycles. The fourth-order valence-corrected chi connectivity index (χ4v) is 6.14. The van der Waals surface area contributed by atoms with Crippen molar-refractivity contribution in [1.82, 2.24) is 19.3 Å². The topological polar surface area (TPSA) is 106 Å². The lowest BCUT2D eigenvalue weighted by Gasteiger charge is -2.42. The Hall–Kier alpha value is -2.44. The molecule has 1 atom stereocenters. The van der Waals surface area contributed by atoms with Gasteiger partial charge >= 0.3 is 0 Å². The Kier molecular flexibility index (Phi) is 3.42. The number of hydrogen-bond donors (Lipinski definition) is 1. The third-order valence-corrected chi connectivity index (χ3v) is 8.09. The number of nitriles is 1. The van der Waals surface area contributed by atoms with Crippen LogP contribution >= 0.6 is 0 Å². The van der Waals surface area contributed by atoms with Gasteiger partial charge in [-0.15, -0.1) is 0 Å². The molecule has 0 radical (unpaired) electrons. The second kappa shape index (κ2) is 5.53. The van der Waals surface area contributed by atoms with Crippen LogP contribution in [0, 0.1) is 22.7 Å². The second-order valence-electron chi connectivity index (χ2n) is 7.84. The summed E-state index contributed by atoms with van der Waals surface area (Å²) in [6, 6.07) is 4.47. The minimum absolute atomic E-state index is 0.148. The molecule has 0 aromatic carbocycles. The van der Waals surface area contributed by atoms with E-state index >= 15 is 0 Å². The largest absolute Gasteiger partial charge is 0.356 e. The molecular weight excluding hydrogens is 364 g/mol. The quantitative estimate of drug-likeness (QED) is 0.778. The van der Waals surface area contributed by atoms with Gasteiger partial charge in [0.15, 0.2) is 0 Å². The van der Waals surface area contributed by atoms with Crippen molar-refractivity contribution in [2.45, 2.75) is 18.9 Å². The maximum absolute atomic E-state index is 12.7. The molecule has 3 heterocycles. The Bertz CT molecular complexity index is 1090. The molecule has 1 aliphatic heterocycles. The molecule has 2 aromatic heterocycles. The number of rotatable bonds is 5. The van der Waals surface area contributed by atoms with Gasteiger partial charge in [0.05, 0.1) is 17.2 Å². The number of hydrogen-bond acceptors (Lipinski definition) is 6. The van der Waals surface area contributed by atoms with E-state index in [1.165, 1.54) is 4.31 Å². The smallest absolute Gasteiger partial charge is 0.214 e. The number of aromatic amines is 1. The molecule has 0 bridgehead atoms. The molecule has 0 amide bonds. The Morgan fingerprint density at radius 2 is 2.26 bits per heavy atom. The van der Waals surface area contributed by atoms with Crippen molar-refractivity contribution in [3.8, 4) is 6.07 Å². The minimum atomic E-state index is -3.32. The Morgan fingerprint density at radius 3 is 3.00 bits per heavy atom. The summed E-state index contributed by atoms with van der Waals surface area (Å²) in [4.78, 5) is 13.8. The Balaban J connectivity index is 1.22. The third-order valence-electron chi connectivity index (χ3n) is 6.15. The first-order valence-electron chi connectivity index (χ1n) is 9.04. The van der Waals surface area contributed by atoms with Crippen LogP contribution in [0.1, 0.15) is 12.8 Å². The molecule has 27 heavy (non-hydrogen) atoms. The van der Waals surface area contributed by atoms with Gasteiger partial charge in [-0.2, -0.15) is 9.57 Å². The minimum Gasteiger partial charge on any atom is -0.356 e. The van der Waals surface area contributed by atoms with E-state index in [4.69, 9.17) is 0 Å². The zero-order valence-corrected chi connectivity index (χ0v) is 15.8. The van der Waals surface area contributed by atoms with Crippen molar-refractivity contribution in [3.05, 3.63) is 30.2 Å². The van der Waals surface area contributed by atoms with Crippen LogP contribution in [0.4, 0.5) is 5.82 Å². The van der Waals surface area contributed by atoms with E-state index in [-0.39, 0.29) is 17.7 Å². The maximum Gasteiger partial charge on any atom is 0.214 e. The number of nitrogens with one attached hydrogen (secondary N) is 1. The normalized spacial score (nSPS) is 29.7. The fraction of sp³-hybridized carbons (Fsp3) is 0.500. The molecule has 0 unspecified atom stereocenters. The van der Waals surface area contributed by atoms with Gasteiger partial charge in [-0.25, -0.2) is 18.4 Å². The summed E-state index contributed by atoms with van der Waals surface area (Å²) < 4.78 is 26.9. The first kappa shape index (κ1) is 16.7. The van der Waals surface area contributed by atoms with Crippen LogP contribution in [0.15, 0.2) is 30.2 Å². The van der Waals surface area contributed by atoms with Crippen molar-refractivity contribution in [2.75, 3.05) is 30.8 Å². The molecule has 1 N–H and O–H groups in total. The number of anilines is 1. The van der Waals surface area contributed by atoms with Crippen LogP contribution in [-0.2, 0) is 10.0 Å². The SMILES string of the molecule is CN(c1ncnc2[nH]ccc12)[C@H]1C[C@@H](CS(=O)(=O)N2CC3=C[C@]3(C#N)C2)C1. The lowest BCUT2D eigenvalue weighted by molar-refractivity contribution is 0.278. The van der Waals surface area contributed by atoms with E-state index in [1.807, 2.05) is 25.4 Å². The molecule has 2 aromatic rings. The molecule has 5 rings (SSSR count). The van der Waals surface area contributed by atoms with E-state index in [0.29, 0.717) is 13.1 Å². The van der Waals surface area contributed by atoms with Crippen molar-refractivity contribution in [1.29, 1.82) is 5.26 Å². The lowest BCUT2D eigenvalue weighted by Crippen LogP contribution is -2.47. The molecular formula is C18H20N6O2S. The maximum atomic E-state index is 12.7. The van der Waals surface area contributed by atoms with Gasteiger partial charge in [-0.1, -0.05) is 6.08 Å². The molecule has 140 valence electrons. The molecule has 3 aliphatic rings. The average molecular weight is 384 g/mol. The number of H-pyrrole nitrogens is 1. The molecule has 2 aliphatic carbocycles. The van der Waals surface area contributed by atoms with Gasteiger partial charge in [0.25, 0.3) is 0 Å². The predicted molar refractivity (Wildman–Crippen MR) is 100 cm³/mol. The highest BCUT2D eigenvalue weighted by Crippen LogP contribution is 2.50. The van der Waals surface area contributed by atoms with Crippen molar-refractivity contribution >= 4 is 26.9 Å². The van der Waals surface area contributed by atoms with Crippen LogP contribution in [-0.4, -0.2) is 59.6 Å². The zero-order valence-electron chi connectivity index (χ0n) is 15.0. The van der Waals surface area contributed by atoms with Gasteiger partial charge in [0.1, 0.15) is 23.2 Å². The first-order valence-corrected chi connectivity index (χ1v) is 10.6. The number of fused-ring (bicyclic) bond motifs is 2. The average Bonchev–Trinajstić information content (AvgIpc) is 2.98. The van der Waals surface area contributed by atoms with Crippen molar-refractivity contribution < 1.29 is 8.42 Å². The number of sulfonamides is 1. The zero-order chi connectivity index (χ0) is 18.8. The van der Waals surface area contributed by atoms with Gasteiger partial charge in [-0.3, -0.25) is 0 Å². The van der Waals surface area contributed by atoms with E-state index in [1.54, 1.807) is 6.33 Å².